The van der Waals surface area contributed by atoms with Gasteiger partial charge in [-0.05, 0) is 26.7 Å². The molecular formula is C8H16O3S. The predicted molar refractivity (Wildman–Crippen MR) is 47.9 cm³/mol. The van der Waals surface area contributed by atoms with Crippen LogP contribution >= 0.6 is 0 Å². The van der Waals surface area contributed by atoms with Gasteiger partial charge < -0.3 is 4.74 Å². The second-order valence-corrected chi connectivity index (χ2v) is 5.91. The van der Waals surface area contributed by atoms with Crippen LogP contribution in [-0.4, -0.2) is 32.1 Å². The topological polar surface area (TPSA) is 43.4 Å². The van der Waals surface area contributed by atoms with Gasteiger partial charge in [0.1, 0.15) is 0 Å². The van der Waals surface area contributed by atoms with E-state index in [0.29, 0.717) is 12.4 Å². The van der Waals surface area contributed by atoms with Crippen LogP contribution in [0, 0.1) is 0 Å². The lowest BCUT2D eigenvalue weighted by atomic mass is 10.3. The van der Waals surface area contributed by atoms with E-state index < -0.39 is 9.84 Å². The second kappa shape index (κ2) is 3.75. The summed E-state index contributed by atoms with van der Waals surface area (Å²) in [6.07, 6.45) is 1.70. The van der Waals surface area contributed by atoms with Gasteiger partial charge in [-0.2, -0.15) is 0 Å². The van der Waals surface area contributed by atoms with Crippen molar-refractivity contribution in [3.8, 4) is 0 Å². The van der Waals surface area contributed by atoms with E-state index in [2.05, 4.69) is 0 Å². The molecule has 3 nitrogen and oxygen atoms in total. The summed E-state index contributed by atoms with van der Waals surface area (Å²) in [4.78, 5) is 0. The number of sulfone groups is 1. The largest absolute Gasteiger partial charge is 0.377 e. The Morgan fingerprint density at radius 1 is 1.50 bits per heavy atom. The Kier molecular flexibility index (Phi) is 3.12. The molecule has 72 valence electrons. The third kappa shape index (κ3) is 2.45. The predicted octanol–water partition coefficient (Wildman–Crippen LogP) is 0.989. The summed E-state index contributed by atoms with van der Waals surface area (Å²) in [5.74, 6) is 0.346. The molecule has 0 bridgehead atoms. The molecule has 0 N–H and O–H groups in total. The summed E-state index contributed by atoms with van der Waals surface area (Å²) in [7, 11) is -2.81. The molecule has 1 unspecified atom stereocenters. The molecule has 1 heterocycles. The maximum atomic E-state index is 11.3. The highest BCUT2D eigenvalue weighted by atomic mass is 32.2. The highest BCUT2D eigenvalue weighted by Crippen LogP contribution is 2.20. The fourth-order valence-corrected chi connectivity index (χ4v) is 3.06. The highest BCUT2D eigenvalue weighted by Gasteiger charge is 2.31. The molecular weight excluding hydrogens is 176 g/mol. The molecule has 1 rings (SSSR count). The molecule has 0 aromatic carbocycles. The van der Waals surface area contributed by atoms with Crippen molar-refractivity contribution < 1.29 is 13.2 Å². The van der Waals surface area contributed by atoms with Crippen molar-refractivity contribution in [3.63, 3.8) is 0 Å². The van der Waals surface area contributed by atoms with Crippen LogP contribution < -0.4 is 0 Å². The summed E-state index contributed by atoms with van der Waals surface area (Å²) in [6, 6.07) is 0. The number of rotatable bonds is 3. The van der Waals surface area contributed by atoms with E-state index in [1.807, 2.05) is 13.8 Å². The Balaban J connectivity index is 2.43. The van der Waals surface area contributed by atoms with Gasteiger partial charge in [0.05, 0.1) is 23.7 Å². The van der Waals surface area contributed by atoms with Crippen LogP contribution in [0.1, 0.15) is 26.7 Å². The lowest BCUT2D eigenvalue weighted by molar-refractivity contribution is 0.0786. The minimum atomic E-state index is -2.81. The van der Waals surface area contributed by atoms with E-state index in [0.717, 1.165) is 12.8 Å². The molecule has 0 radical (unpaired) electrons. The fraction of sp³-hybridized carbons (Fsp3) is 1.00. The fourth-order valence-electron chi connectivity index (χ4n) is 1.35. The summed E-state index contributed by atoms with van der Waals surface area (Å²) >= 11 is 0. The van der Waals surface area contributed by atoms with Crippen molar-refractivity contribution in [3.05, 3.63) is 0 Å². The average Bonchev–Trinajstić information content (AvgIpc) is 2.25. The molecule has 0 aromatic rings. The SMILES string of the molecule is CC(C)OCC1CCCS1(=O)=O. The molecule has 0 aliphatic carbocycles. The van der Waals surface area contributed by atoms with Gasteiger partial charge in [-0.3, -0.25) is 0 Å². The van der Waals surface area contributed by atoms with Gasteiger partial charge in [0.25, 0.3) is 0 Å². The molecule has 0 aromatic heterocycles. The van der Waals surface area contributed by atoms with Crippen LogP contribution in [0.4, 0.5) is 0 Å². The number of hydrogen-bond acceptors (Lipinski definition) is 3. The molecule has 1 fully saturated rings. The van der Waals surface area contributed by atoms with Gasteiger partial charge in [0.2, 0.25) is 0 Å². The van der Waals surface area contributed by atoms with Crippen molar-refractivity contribution in [2.45, 2.75) is 38.0 Å². The number of ether oxygens (including phenoxy) is 1. The quantitative estimate of drug-likeness (QED) is 0.669. The maximum Gasteiger partial charge on any atom is 0.155 e. The van der Waals surface area contributed by atoms with Crippen LogP contribution in [-0.2, 0) is 14.6 Å². The minimum Gasteiger partial charge on any atom is -0.377 e. The monoisotopic (exact) mass is 192 g/mol. The molecule has 1 aliphatic heterocycles. The number of hydrogen-bond donors (Lipinski definition) is 0. The molecule has 1 atom stereocenters. The lowest BCUT2D eigenvalue weighted by Crippen LogP contribution is -2.23. The van der Waals surface area contributed by atoms with E-state index in [9.17, 15) is 8.42 Å². The minimum absolute atomic E-state index is 0.126. The molecule has 1 saturated heterocycles. The molecule has 0 saturated carbocycles. The molecule has 1 aliphatic rings. The Morgan fingerprint density at radius 2 is 2.17 bits per heavy atom. The Morgan fingerprint density at radius 3 is 2.58 bits per heavy atom. The molecule has 0 amide bonds. The Hall–Kier alpha value is -0.0900. The van der Waals surface area contributed by atoms with E-state index in [4.69, 9.17) is 4.74 Å². The van der Waals surface area contributed by atoms with Crippen LogP contribution in [0.2, 0.25) is 0 Å². The van der Waals surface area contributed by atoms with Gasteiger partial charge >= 0.3 is 0 Å². The lowest BCUT2D eigenvalue weighted by Gasteiger charge is -2.12. The van der Waals surface area contributed by atoms with E-state index in [1.165, 1.54) is 0 Å². The van der Waals surface area contributed by atoms with Gasteiger partial charge in [0.15, 0.2) is 9.84 Å². The average molecular weight is 192 g/mol. The normalized spacial score (nSPS) is 28.1. The molecule has 0 spiro atoms. The van der Waals surface area contributed by atoms with Crippen LogP contribution in [0.15, 0.2) is 0 Å². The molecule has 12 heavy (non-hydrogen) atoms. The van der Waals surface area contributed by atoms with Crippen molar-refractivity contribution in [2.24, 2.45) is 0 Å². The first-order chi connectivity index (χ1) is 5.52. The Bertz CT molecular complexity index is 231. The maximum absolute atomic E-state index is 11.3. The van der Waals surface area contributed by atoms with Gasteiger partial charge in [0, 0.05) is 0 Å². The first-order valence-corrected chi connectivity index (χ1v) is 6.07. The van der Waals surface area contributed by atoms with Crippen molar-refractivity contribution in [1.82, 2.24) is 0 Å². The smallest absolute Gasteiger partial charge is 0.155 e. The zero-order valence-corrected chi connectivity index (χ0v) is 8.43. The third-order valence-electron chi connectivity index (χ3n) is 2.08. The standard InChI is InChI=1S/C8H16O3S/c1-7(2)11-6-8-4-3-5-12(8,9)10/h7-8H,3-6H2,1-2H3. The van der Waals surface area contributed by atoms with Gasteiger partial charge in [-0.1, -0.05) is 0 Å². The highest BCUT2D eigenvalue weighted by molar-refractivity contribution is 7.92. The summed E-state index contributed by atoms with van der Waals surface area (Å²) in [5, 5.41) is -0.236. The first kappa shape index (κ1) is 9.99. The van der Waals surface area contributed by atoms with Crippen molar-refractivity contribution in [1.29, 1.82) is 0 Å². The van der Waals surface area contributed by atoms with E-state index in [1.54, 1.807) is 0 Å². The summed E-state index contributed by atoms with van der Waals surface area (Å²) in [5.41, 5.74) is 0. The van der Waals surface area contributed by atoms with Crippen molar-refractivity contribution in [2.75, 3.05) is 12.4 Å². The van der Waals surface area contributed by atoms with Crippen LogP contribution in [0.25, 0.3) is 0 Å². The zero-order chi connectivity index (χ0) is 9.19. The van der Waals surface area contributed by atoms with Gasteiger partial charge in [-0.15, -0.1) is 0 Å². The van der Waals surface area contributed by atoms with Crippen LogP contribution in [0.5, 0.6) is 0 Å². The van der Waals surface area contributed by atoms with E-state index >= 15 is 0 Å². The zero-order valence-electron chi connectivity index (χ0n) is 7.62. The van der Waals surface area contributed by atoms with Crippen LogP contribution in [0.3, 0.4) is 0 Å². The molecule has 4 heteroatoms. The van der Waals surface area contributed by atoms with Gasteiger partial charge in [-0.25, -0.2) is 8.42 Å². The summed E-state index contributed by atoms with van der Waals surface area (Å²) in [6.45, 7) is 4.21. The second-order valence-electron chi connectivity index (χ2n) is 3.51. The third-order valence-corrected chi connectivity index (χ3v) is 4.32. The Labute approximate surface area is 74.0 Å². The first-order valence-electron chi connectivity index (χ1n) is 4.35. The summed E-state index contributed by atoms with van der Waals surface area (Å²) < 4.78 is 27.9. The van der Waals surface area contributed by atoms with E-state index in [-0.39, 0.29) is 11.4 Å². The van der Waals surface area contributed by atoms with Crippen molar-refractivity contribution >= 4 is 9.84 Å².